The van der Waals surface area contributed by atoms with Gasteiger partial charge in [0.25, 0.3) is 0 Å². The minimum Gasteiger partial charge on any atom is -0.331 e. The van der Waals surface area contributed by atoms with Gasteiger partial charge in [-0.1, -0.05) is 6.92 Å². The third-order valence-corrected chi connectivity index (χ3v) is 4.30. The Morgan fingerprint density at radius 1 is 1.35 bits per heavy atom. The summed E-state index contributed by atoms with van der Waals surface area (Å²) >= 11 is 3.60. The zero-order chi connectivity index (χ0) is 14.5. The molecule has 2 aromatic heterocycles. The molecule has 0 unspecified atom stereocenters. The van der Waals surface area contributed by atoms with E-state index in [9.17, 15) is 0 Å². The number of aryl methyl sites for hydroxylation is 2. The van der Waals surface area contributed by atoms with Crippen molar-refractivity contribution in [2.45, 2.75) is 33.2 Å². The normalized spacial score (nSPS) is 11.2. The van der Waals surface area contributed by atoms with Crippen LogP contribution in [0.25, 0.3) is 0 Å². The lowest BCUT2D eigenvalue weighted by molar-refractivity contribution is 0.658. The van der Waals surface area contributed by atoms with Crippen molar-refractivity contribution in [1.82, 2.24) is 24.6 Å². The summed E-state index contributed by atoms with van der Waals surface area (Å²) in [5, 5.41) is 7.80. The Morgan fingerprint density at radius 2 is 2.15 bits per heavy atom. The van der Waals surface area contributed by atoms with Crippen molar-refractivity contribution in [2.75, 3.05) is 13.1 Å². The zero-order valence-electron chi connectivity index (χ0n) is 12.4. The molecule has 0 aliphatic carbocycles. The maximum Gasteiger partial charge on any atom is 0.0953 e. The van der Waals surface area contributed by atoms with Crippen molar-refractivity contribution >= 4 is 15.9 Å². The average Bonchev–Trinajstić information content (AvgIpc) is 2.96. The molecule has 0 aromatic carbocycles. The van der Waals surface area contributed by atoms with Crippen LogP contribution in [0.15, 0.2) is 17.0 Å². The van der Waals surface area contributed by atoms with Crippen molar-refractivity contribution in [3.8, 4) is 0 Å². The van der Waals surface area contributed by atoms with Gasteiger partial charge in [0, 0.05) is 26.2 Å². The van der Waals surface area contributed by atoms with E-state index < -0.39 is 0 Å². The molecular weight excluding hydrogens is 318 g/mol. The third-order valence-electron chi connectivity index (χ3n) is 3.27. The van der Waals surface area contributed by atoms with Crippen LogP contribution in [0.5, 0.6) is 0 Å². The number of hydrogen-bond donors (Lipinski definition) is 1. The summed E-state index contributed by atoms with van der Waals surface area (Å²) in [6.07, 6.45) is 6.15. The van der Waals surface area contributed by atoms with Gasteiger partial charge in [-0.25, -0.2) is 4.98 Å². The largest absolute Gasteiger partial charge is 0.331 e. The summed E-state index contributed by atoms with van der Waals surface area (Å²) in [5.74, 6) is 0. The van der Waals surface area contributed by atoms with E-state index >= 15 is 0 Å². The molecule has 0 aliphatic rings. The van der Waals surface area contributed by atoms with E-state index in [2.05, 4.69) is 49.0 Å². The highest BCUT2D eigenvalue weighted by Crippen LogP contribution is 2.21. The first-order valence-electron chi connectivity index (χ1n) is 7.01. The Kier molecular flexibility index (Phi) is 5.37. The number of halogens is 1. The fraction of sp³-hybridized carbons (Fsp3) is 0.571. The predicted molar refractivity (Wildman–Crippen MR) is 83.8 cm³/mol. The van der Waals surface area contributed by atoms with Crippen molar-refractivity contribution in [1.29, 1.82) is 0 Å². The molecule has 6 heteroatoms. The molecule has 0 bridgehead atoms. The van der Waals surface area contributed by atoms with Crippen LogP contribution in [-0.2, 0) is 20.0 Å². The fourth-order valence-corrected chi connectivity index (χ4v) is 2.63. The molecule has 0 atom stereocenters. The minimum absolute atomic E-state index is 0.785. The monoisotopic (exact) mass is 339 g/mol. The van der Waals surface area contributed by atoms with Crippen LogP contribution >= 0.6 is 15.9 Å². The maximum absolute atomic E-state index is 4.45. The Balaban J connectivity index is 1.95. The van der Waals surface area contributed by atoms with E-state index in [1.54, 1.807) is 0 Å². The highest BCUT2D eigenvalue weighted by molar-refractivity contribution is 9.10. The lowest BCUT2D eigenvalue weighted by atomic mass is 10.3. The topological polar surface area (TPSA) is 47.7 Å². The molecule has 1 N–H and O–H groups in total. The second-order valence-electron chi connectivity index (χ2n) is 5.01. The van der Waals surface area contributed by atoms with Crippen molar-refractivity contribution in [2.24, 2.45) is 7.05 Å². The van der Waals surface area contributed by atoms with Crippen LogP contribution in [0, 0.1) is 6.92 Å². The van der Waals surface area contributed by atoms with Crippen LogP contribution in [0.2, 0.25) is 0 Å². The number of hydrogen-bond acceptors (Lipinski definition) is 3. The number of aromatic nitrogens is 4. The number of nitrogens with zero attached hydrogens (tertiary/aromatic N) is 4. The fourth-order valence-electron chi connectivity index (χ4n) is 2.17. The number of rotatable bonds is 7. The summed E-state index contributed by atoms with van der Waals surface area (Å²) in [7, 11) is 1.97. The Bertz CT molecular complexity index is 558. The smallest absolute Gasteiger partial charge is 0.0953 e. The SMILES string of the molecule is CCCNCCc1cn(Cc2c(Br)c(C)nn2C)cn1. The van der Waals surface area contributed by atoms with Crippen molar-refractivity contribution in [3.63, 3.8) is 0 Å². The molecule has 2 heterocycles. The lowest BCUT2D eigenvalue weighted by Crippen LogP contribution is -2.17. The summed E-state index contributed by atoms with van der Waals surface area (Å²) in [6.45, 7) is 7.02. The third kappa shape index (κ3) is 3.70. The van der Waals surface area contributed by atoms with Crippen LogP contribution in [0.1, 0.15) is 30.4 Å². The van der Waals surface area contributed by atoms with Gasteiger partial charge < -0.3 is 9.88 Å². The zero-order valence-corrected chi connectivity index (χ0v) is 13.9. The van der Waals surface area contributed by atoms with Gasteiger partial charge in [-0.2, -0.15) is 5.10 Å². The molecule has 2 rings (SSSR count). The van der Waals surface area contributed by atoms with E-state index in [0.29, 0.717) is 0 Å². The molecule has 0 radical (unpaired) electrons. The van der Waals surface area contributed by atoms with Crippen LogP contribution in [0.4, 0.5) is 0 Å². The van der Waals surface area contributed by atoms with E-state index in [4.69, 9.17) is 0 Å². The first kappa shape index (κ1) is 15.3. The molecule has 0 spiro atoms. The van der Waals surface area contributed by atoms with Crippen LogP contribution < -0.4 is 5.32 Å². The molecule has 5 nitrogen and oxygen atoms in total. The van der Waals surface area contributed by atoms with Crippen LogP contribution in [0.3, 0.4) is 0 Å². The predicted octanol–water partition coefficient (Wildman–Crippen LogP) is 2.28. The molecular formula is C14H22BrN5. The van der Waals surface area contributed by atoms with Gasteiger partial charge >= 0.3 is 0 Å². The molecule has 0 saturated heterocycles. The second kappa shape index (κ2) is 7.04. The molecule has 110 valence electrons. The Hall–Kier alpha value is -1.14. The van der Waals surface area contributed by atoms with Gasteiger partial charge in [0.2, 0.25) is 0 Å². The van der Waals surface area contributed by atoms with Gasteiger partial charge in [0.05, 0.1) is 34.4 Å². The van der Waals surface area contributed by atoms with E-state index in [-0.39, 0.29) is 0 Å². The molecule has 0 fully saturated rings. The van der Waals surface area contributed by atoms with E-state index in [1.165, 1.54) is 6.42 Å². The molecule has 20 heavy (non-hydrogen) atoms. The van der Waals surface area contributed by atoms with E-state index in [0.717, 1.165) is 47.6 Å². The Morgan fingerprint density at radius 3 is 2.80 bits per heavy atom. The van der Waals surface area contributed by atoms with Gasteiger partial charge in [0.15, 0.2) is 0 Å². The standard InChI is InChI=1S/C14H22BrN5/c1-4-6-16-7-5-12-8-20(10-17-12)9-13-14(15)11(2)18-19(13)3/h8,10,16H,4-7,9H2,1-3H3. The first-order valence-corrected chi connectivity index (χ1v) is 7.80. The molecule has 0 amide bonds. The Labute approximate surface area is 128 Å². The van der Waals surface area contributed by atoms with Crippen molar-refractivity contribution in [3.05, 3.63) is 34.1 Å². The first-order chi connectivity index (χ1) is 9.61. The van der Waals surface area contributed by atoms with Gasteiger partial charge in [-0.05, 0) is 35.8 Å². The summed E-state index contributed by atoms with van der Waals surface area (Å²) in [5.41, 5.74) is 3.31. The lowest BCUT2D eigenvalue weighted by Gasteiger charge is -2.04. The van der Waals surface area contributed by atoms with Crippen LogP contribution in [-0.4, -0.2) is 32.4 Å². The highest BCUT2D eigenvalue weighted by atomic mass is 79.9. The van der Waals surface area contributed by atoms with E-state index in [1.807, 2.05) is 25.0 Å². The van der Waals surface area contributed by atoms with Gasteiger partial charge in [-0.3, -0.25) is 4.68 Å². The number of imidazole rings is 1. The highest BCUT2D eigenvalue weighted by Gasteiger charge is 2.11. The molecule has 0 saturated carbocycles. The van der Waals surface area contributed by atoms with Gasteiger partial charge in [0.1, 0.15) is 0 Å². The second-order valence-corrected chi connectivity index (χ2v) is 5.80. The summed E-state index contributed by atoms with van der Waals surface area (Å²) in [6, 6.07) is 0. The average molecular weight is 340 g/mol. The summed E-state index contributed by atoms with van der Waals surface area (Å²) < 4.78 is 5.11. The minimum atomic E-state index is 0.785. The summed E-state index contributed by atoms with van der Waals surface area (Å²) in [4.78, 5) is 4.45. The van der Waals surface area contributed by atoms with Crippen molar-refractivity contribution < 1.29 is 0 Å². The maximum atomic E-state index is 4.45. The molecule has 0 aliphatic heterocycles. The quantitative estimate of drug-likeness (QED) is 0.787. The number of nitrogens with one attached hydrogen (secondary N) is 1. The van der Waals surface area contributed by atoms with Gasteiger partial charge in [-0.15, -0.1) is 0 Å². The molecule has 2 aromatic rings.